The van der Waals surface area contributed by atoms with Crippen LogP contribution >= 0.6 is 24.0 Å². The number of hydrogen-bond donors (Lipinski definition) is 2. The Balaban J connectivity index is 2.32. The van der Waals surface area contributed by atoms with Gasteiger partial charge < -0.3 is 5.73 Å². The van der Waals surface area contributed by atoms with Gasteiger partial charge in [-0.3, -0.25) is 15.5 Å². The van der Waals surface area contributed by atoms with Gasteiger partial charge in [-0.25, -0.2) is 4.98 Å². The van der Waals surface area contributed by atoms with Crippen LogP contribution in [-0.2, 0) is 0 Å². The van der Waals surface area contributed by atoms with Crippen LogP contribution in [0.4, 0.5) is 5.69 Å². The van der Waals surface area contributed by atoms with E-state index in [4.69, 9.17) is 5.73 Å². The van der Waals surface area contributed by atoms with Crippen LogP contribution in [0.2, 0.25) is 0 Å². The van der Waals surface area contributed by atoms with Crippen LogP contribution in [0.1, 0.15) is 5.56 Å². The lowest BCUT2D eigenvalue weighted by Crippen LogP contribution is -2.24. The zero-order valence-electron chi connectivity index (χ0n) is 11.2. The number of nitrogens with zero attached hydrogens (tertiary/aromatic N) is 3. The lowest BCUT2D eigenvalue weighted by Gasteiger charge is -2.05. The number of thiocarbonyl (C=S) groups is 1. The Labute approximate surface area is 135 Å². The number of nitro groups is 1. The third-order valence-electron chi connectivity index (χ3n) is 2.43. The SMILES string of the molecule is NC(=S)NN=Cc1cc([N+](=O)[O-])ccc1Sc1ccccn1. The summed E-state index contributed by atoms with van der Waals surface area (Å²) in [5.41, 5.74) is 8.23. The van der Waals surface area contributed by atoms with Crippen molar-refractivity contribution in [2.45, 2.75) is 9.92 Å². The van der Waals surface area contributed by atoms with Crippen molar-refractivity contribution < 1.29 is 4.92 Å². The monoisotopic (exact) mass is 333 g/mol. The summed E-state index contributed by atoms with van der Waals surface area (Å²) in [5.74, 6) is 0. The number of aromatic nitrogens is 1. The molecule has 7 nitrogen and oxygen atoms in total. The first-order valence-electron chi connectivity index (χ1n) is 6.02. The highest BCUT2D eigenvalue weighted by Crippen LogP contribution is 2.30. The first-order chi connectivity index (χ1) is 10.6. The summed E-state index contributed by atoms with van der Waals surface area (Å²) in [5, 5.41) is 15.5. The molecule has 0 unspecified atom stereocenters. The maximum absolute atomic E-state index is 10.9. The second kappa shape index (κ2) is 7.48. The summed E-state index contributed by atoms with van der Waals surface area (Å²) in [4.78, 5) is 15.4. The predicted octanol–water partition coefficient (Wildman–Crippen LogP) is 2.31. The molecule has 9 heteroatoms. The largest absolute Gasteiger partial charge is 0.375 e. The fourth-order valence-electron chi connectivity index (χ4n) is 1.53. The molecule has 1 aromatic carbocycles. The molecular weight excluding hydrogens is 322 g/mol. The smallest absolute Gasteiger partial charge is 0.270 e. The summed E-state index contributed by atoms with van der Waals surface area (Å²) >= 11 is 6.02. The molecule has 1 heterocycles. The van der Waals surface area contributed by atoms with Crippen molar-refractivity contribution in [2.75, 3.05) is 0 Å². The van der Waals surface area contributed by atoms with E-state index in [2.05, 4.69) is 27.7 Å². The van der Waals surface area contributed by atoms with E-state index in [0.717, 1.165) is 9.92 Å². The van der Waals surface area contributed by atoms with Crippen molar-refractivity contribution in [3.8, 4) is 0 Å². The minimum atomic E-state index is -0.465. The topological polar surface area (TPSA) is 106 Å². The molecule has 3 N–H and O–H groups in total. The predicted molar refractivity (Wildman–Crippen MR) is 89.0 cm³/mol. The zero-order chi connectivity index (χ0) is 15.9. The maximum atomic E-state index is 10.9. The third-order valence-corrected chi connectivity index (χ3v) is 3.57. The molecular formula is C13H11N5O2S2. The van der Waals surface area contributed by atoms with E-state index in [1.165, 1.54) is 30.1 Å². The molecule has 0 fully saturated rings. The van der Waals surface area contributed by atoms with Crippen molar-refractivity contribution in [1.29, 1.82) is 0 Å². The van der Waals surface area contributed by atoms with Crippen molar-refractivity contribution in [3.63, 3.8) is 0 Å². The molecule has 22 heavy (non-hydrogen) atoms. The lowest BCUT2D eigenvalue weighted by molar-refractivity contribution is -0.384. The Kier molecular flexibility index (Phi) is 5.39. The van der Waals surface area contributed by atoms with Crippen molar-refractivity contribution >= 4 is 41.0 Å². The number of pyridine rings is 1. The van der Waals surface area contributed by atoms with Crippen molar-refractivity contribution in [3.05, 3.63) is 58.3 Å². The summed E-state index contributed by atoms with van der Waals surface area (Å²) in [7, 11) is 0. The van der Waals surface area contributed by atoms with Gasteiger partial charge in [0.15, 0.2) is 5.11 Å². The Morgan fingerprint density at radius 2 is 2.27 bits per heavy atom. The van der Waals surface area contributed by atoms with Crippen LogP contribution in [0.15, 0.2) is 57.6 Å². The number of nitrogens with one attached hydrogen (secondary N) is 1. The summed E-state index contributed by atoms with van der Waals surface area (Å²) in [6.45, 7) is 0. The second-order valence-electron chi connectivity index (χ2n) is 3.98. The first kappa shape index (κ1) is 15.9. The fourth-order valence-corrected chi connectivity index (χ4v) is 2.43. The average molecular weight is 333 g/mol. The normalized spacial score (nSPS) is 10.5. The number of hydrogen-bond acceptors (Lipinski definition) is 6. The molecule has 0 spiro atoms. The molecule has 0 saturated carbocycles. The lowest BCUT2D eigenvalue weighted by atomic mass is 10.2. The van der Waals surface area contributed by atoms with Crippen LogP contribution in [0.25, 0.3) is 0 Å². The molecule has 1 aromatic heterocycles. The number of nitrogens with two attached hydrogens (primary N) is 1. The Bertz CT molecular complexity index is 722. The van der Waals surface area contributed by atoms with Crippen LogP contribution < -0.4 is 11.2 Å². The van der Waals surface area contributed by atoms with Gasteiger partial charge in [0.25, 0.3) is 5.69 Å². The number of rotatable bonds is 5. The molecule has 0 atom stereocenters. The second-order valence-corrected chi connectivity index (χ2v) is 5.49. The van der Waals surface area contributed by atoms with E-state index in [-0.39, 0.29) is 10.8 Å². The molecule has 0 amide bonds. The molecule has 0 bridgehead atoms. The van der Waals surface area contributed by atoms with Gasteiger partial charge >= 0.3 is 0 Å². The zero-order valence-corrected chi connectivity index (χ0v) is 12.8. The van der Waals surface area contributed by atoms with E-state index < -0.39 is 4.92 Å². The van der Waals surface area contributed by atoms with Crippen LogP contribution in [-0.4, -0.2) is 21.2 Å². The van der Waals surface area contributed by atoms with Gasteiger partial charge in [0.2, 0.25) is 0 Å². The molecule has 0 radical (unpaired) electrons. The number of non-ortho nitro benzene ring substituents is 1. The van der Waals surface area contributed by atoms with Gasteiger partial charge in [0, 0.05) is 28.8 Å². The highest BCUT2D eigenvalue weighted by atomic mass is 32.2. The number of benzene rings is 1. The molecule has 0 saturated heterocycles. The highest BCUT2D eigenvalue weighted by Gasteiger charge is 2.11. The molecule has 2 aromatic rings. The van der Waals surface area contributed by atoms with Crippen molar-refractivity contribution in [1.82, 2.24) is 10.4 Å². The van der Waals surface area contributed by atoms with E-state index in [9.17, 15) is 10.1 Å². The first-order valence-corrected chi connectivity index (χ1v) is 7.24. The fraction of sp³-hybridized carbons (Fsp3) is 0. The van der Waals surface area contributed by atoms with Gasteiger partial charge in [0.05, 0.1) is 11.1 Å². The Hall–Kier alpha value is -2.52. The molecule has 112 valence electrons. The van der Waals surface area contributed by atoms with Gasteiger partial charge in [-0.2, -0.15) is 5.10 Å². The quantitative estimate of drug-likeness (QED) is 0.374. The molecule has 0 aliphatic carbocycles. The minimum absolute atomic E-state index is 0.0145. The van der Waals surface area contributed by atoms with Crippen LogP contribution in [0, 0.1) is 10.1 Å². The Morgan fingerprint density at radius 1 is 1.45 bits per heavy atom. The standard InChI is InChI=1S/C13H11N5O2S2/c14-13(21)17-16-8-9-7-10(18(19)20)4-5-11(9)22-12-3-1-2-6-15-12/h1-8H,(H3,14,17,21). The van der Waals surface area contributed by atoms with Crippen LogP contribution in [0.5, 0.6) is 0 Å². The third kappa shape index (κ3) is 4.50. The van der Waals surface area contributed by atoms with Crippen LogP contribution in [0.3, 0.4) is 0 Å². The van der Waals surface area contributed by atoms with E-state index in [0.29, 0.717) is 5.56 Å². The van der Waals surface area contributed by atoms with E-state index >= 15 is 0 Å². The number of hydrazone groups is 1. The average Bonchev–Trinajstić information content (AvgIpc) is 2.49. The molecule has 2 rings (SSSR count). The summed E-state index contributed by atoms with van der Waals surface area (Å²) in [6.07, 6.45) is 3.10. The van der Waals surface area contributed by atoms with Gasteiger partial charge in [-0.05, 0) is 30.4 Å². The summed E-state index contributed by atoms with van der Waals surface area (Å²) in [6, 6.07) is 10.0. The Morgan fingerprint density at radius 3 is 2.91 bits per heavy atom. The minimum Gasteiger partial charge on any atom is -0.375 e. The molecule has 0 aliphatic rings. The maximum Gasteiger partial charge on any atom is 0.270 e. The van der Waals surface area contributed by atoms with Gasteiger partial charge in [-0.15, -0.1) is 0 Å². The van der Waals surface area contributed by atoms with Crippen molar-refractivity contribution in [2.24, 2.45) is 10.8 Å². The van der Waals surface area contributed by atoms with Gasteiger partial charge in [0.1, 0.15) is 5.03 Å². The highest BCUT2D eigenvalue weighted by molar-refractivity contribution is 7.99. The summed E-state index contributed by atoms with van der Waals surface area (Å²) < 4.78 is 0. The van der Waals surface area contributed by atoms with Gasteiger partial charge in [-0.1, -0.05) is 17.8 Å². The molecule has 0 aliphatic heterocycles. The number of nitro benzene ring substituents is 1. The van der Waals surface area contributed by atoms with E-state index in [1.807, 2.05) is 18.2 Å². The van der Waals surface area contributed by atoms with E-state index in [1.54, 1.807) is 12.3 Å².